The molecular formula is C13H11ClN2O2. The lowest BCUT2D eigenvalue weighted by atomic mass is 10.1. The van der Waals surface area contributed by atoms with Gasteiger partial charge in [0.05, 0.1) is 22.9 Å². The Morgan fingerprint density at radius 1 is 1.44 bits per heavy atom. The number of pyridine rings is 2. The maximum absolute atomic E-state index is 11.8. The zero-order chi connectivity index (χ0) is 13.0. The van der Waals surface area contributed by atoms with E-state index in [1.165, 1.54) is 6.20 Å². The molecule has 2 rings (SSSR count). The van der Waals surface area contributed by atoms with Crippen molar-refractivity contribution >= 4 is 17.6 Å². The number of carbonyl (C=O) groups excluding carboxylic acids is 1. The van der Waals surface area contributed by atoms with E-state index in [-0.39, 0.29) is 0 Å². The summed E-state index contributed by atoms with van der Waals surface area (Å²) >= 11 is 5.86. The van der Waals surface area contributed by atoms with E-state index < -0.39 is 5.97 Å². The van der Waals surface area contributed by atoms with Gasteiger partial charge >= 0.3 is 5.97 Å². The molecule has 0 fully saturated rings. The number of aromatic nitrogens is 2. The maximum Gasteiger partial charge on any atom is 0.340 e. The highest BCUT2D eigenvalue weighted by molar-refractivity contribution is 6.30. The third-order valence-electron chi connectivity index (χ3n) is 2.28. The highest BCUT2D eigenvalue weighted by Gasteiger charge is 2.16. The van der Waals surface area contributed by atoms with Gasteiger partial charge in [0.15, 0.2) is 0 Å². The van der Waals surface area contributed by atoms with Crippen molar-refractivity contribution in [2.24, 2.45) is 0 Å². The minimum Gasteiger partial charge on any atom is -0.462 e. The number of nitrogens with zero attached hydrogens (tertiary/aromatic N) is 2. The summed E-state index contributed by atoms with van der Waals surface area (Å²) < 4.78 is 4.99. The van der Waals surface area contributed by atoms with Crippen LogP contribution in [0.3, 0.4) is 0 Å². The standard InChI is InChI=1S/C13H11ClN2O2/c1-2-18-13(17)11-6-10(14)8-16-12(11)9-4-3-5-15-7-9/h3-8H,2H2,1H3. The minimum atomic E-state index is -0.439. The molecule has 0 aliphatic carbocycles. The van der Waals surface area contributed by atoms with Gasteiger partial charge in [0, 0.05) is 24.2 Å². The van der Waals surface area contributed by atoms with E-state index in [2.05, 4.69) is 9.97 Å². The van der Waals surface area contributed by atoms with Crippen molar-refractivity contribution in [2.45, 2.75) is 6.92 Å². The summed E-state index contributed by atoms with van der Waals surface area (Å²) in [5, 5.41) is 0.394. The van der Waals surface area contributed by atoms with E-state index in [4.69, 9.17) is 16.3 Å². The van der Waals surface area contributed by atoms with Gasteiger partial charge in [0.1, 0.15) is 0 Å². The first-order chi connectivity index (χ1) is 8.72. The van der Waals surface area contributed by atoms with Gasteiger partial charge < -0.3 is 4.74 Å². The Kier molecular flexibility index (Phi) is 3.89. The Morgan fingerprint density at radius 2 is 2.28 bits per heavy atom. The topological polar surface area (TPSA) is 52.1 Å². The molecule has 0 amide bonds. The molecule has 0 atom stereocenters. The summed E-state index contributed by atoms with van der Waals surface area (Å²) in [6, 6.07) is 5.15. The van der Waals surface area contributed by atoms with Crippen LogP contribution >= 0.6 is 11.6 Å². The molecule has 2 aromatic heterocycles. The molecule has 0 saturated carbocycles. The summed E-state index contributed by atoms with van der Waals surface area (Å²) in [5.74, 6) is -0.439. The van der Waals surface area contributed by atoms with Crippen molar-refractivity contribution in [1.82, 2.24) is 9.97 Å². The molecule has 0 aromatic carbocycles. The number of halogens is 1. The second kappa shape index (κ2) is 5.60. The van der Waals surface area contributed by atoms with Crippen LogP contribution in [0.5, 0.6) is 0 Å². The number of esters is 1. The fourth-order valence-corrected chi connectivity index (χ4v) is 1.69. The smallest absolute Gasteiger partial charge is 0.340 e. The normalized spacial score (nSPS) is 10.1. The molecule has 0 saturated heterocycles. The second-order valence-corrected chi connectivity index (χ2v) is 3.95. The fraction of sp³-hybridized carbons (Fsp3) is 0.154. The van der Waals surface area contributed by atoms with E-state index >= 15 is 0 Å². The Balaban J connectivity index is 2.51. The van der Waals surface area contributed by atoms with Crippen molar-refractivity contribution < 1.29 is 9.53 Å². The van der Waals surface area contributed by atoms with Crippen LogP contribution in [0.1, 0.15) is 17.3 Å². The quantitative estimate of drug-likeness (QED) is 0.798. The Bertz CT molecular complexity index is 558. The zero-order valence-electron chi connectivity index (χ0n) is 9.76. The van der Waals surface area contributed by atoms with Gasteiger partial charge in [-0.3, -0.25) is 9.97 Å². The van der Waals surface area contributed by atoms with E-state index in [9.17, 15) is 4.79 Å². The molecule has 0 N–H and O–H groups in total. The van der Waals surface area contributed by atoms with Gasteiger partial charge in [0.2, 0.25) is 0 Å². The highest BCUT2D eigenvalue weighted by atomic mass is 35.5. The molecule has 5 heteroatoms. The predicted molar refractivity (Wildman–Crippen MR) is 68.4 cm³/mol. The first-order valence-corrected chi connectivity index (χ1v) is 5.83. The molecule has 0 aliphatic rings. The lowest BCUT2D eigenvalue weighted by Crippen LogP contribution is -2.07. The van der Waals surface area contributed by atoms with Gasteiger partial charge in [-0.2, -0.15) is 0 Å². The summed E-state index contributed by atoms with van der Waals surface area (Å²) in [7, 11) is 0. The predicted octanol–water partition coefficient (Wildman–Crippen LogP) is 2.97. The van der Waals surface area contributed by atoms with E-state index in [0.29, 0.717) is 22.9 Å². The van der Waals surface area contributed by atoms with E-state index in [1.54, 1.807) is 31.5 Å². The van der Waals surface area contributed by atoms with Crippen LogP contribution in [0.15, 0.2) is 36.8 Å². The van der Waals surface area contributed by atoms with Crippen molar-refractivity contribution in [3.63, 3.8) is 0 Å². The van der Waals surface area contributed by atoms with E-state index in [0.717, 1.165) is 5.56 Å². The first-order valence-electron chi connectivity index (χ1n) is 5.45. The Morgan fingerprint density at radius 3 is 2.94 bits per heavy atom. The summed E-state index contributed by atoms with van der Waals surface area (Å²) in [5.41, 5.74) is 1.61. The number of hydrogen-bond acceptors (Lipinski definition) is 4. The second-order valence-electron chi connectivity index (χ2n) is 3.51. The Labute approximate surface area is 110 Å². The lowest BCUT2D eigenvalue weighted by Gasteiger charge is -2.08. The third-order valence-corrected chi connectivity index (χ3v) is 2.49. The SMILES string of the molecule is CCOC(=O)c1cc(Cl)cnc1-c1cccnc1. The maximum atomic E-state index is 11.8. The van der Waals surface area contributed by atoms with Crippen LogP contribution in [0.2, 0.25) is 5.02 Å². The molecule has 0 bridgehead atoms. The molecule has 0 aliphatic heterocycles. The van der Waals surface area contributed by atoms with Gasteiger partial charge in [-0.1, -0.05) is 11.6 Å². The van der Waals surface area contributed by atoms with Crippen LogP contribution in [0.4, 0.5) is 0 Å². The van der Waals surface area contributed by atoms with Crippen molar-refractivity contribution in [3.05, 3.63) is 47.4 Å². The van der Waals surface area contributed by atoms with Gasteiger partial charge in [-0.25, -0.2) is 4.79 Å². The molecule has 0 spiro atoms. The number of rotatable bonds is 3. The fourth-order valence-electron chi connectivity index (χ4n) is 1.54. The summed E-state index contributed by atoms with van der Waals surface area (Å²) in [6.45, 7) is 2.05. The van der Waals surface area contributed by atoms with Crippen molar-refractivity contribution in [2.75, 3.05) is 6.61 Å². The van der Waals surface area contributed by atoms with Crippen molar-refractivity contribution in [3.8, 4) is 11.3 Å². The van der Waals surface area contributed by atoms with Crippen LogP contribution in [-0.4, -0.2) is 22.5 Å². The average Bonchev–Trinajstić information content (AvgIpc) is 2.40. The number of hydrogen-bond donors (Lipinski definition) is 0. The van der Waals surface area contributed by atoms with Crippen molar-refractivity contribution in [1.29, 1.82) is 0 Å². The first kappa shape index (κ1) is 12.5. The molecule has 2 heterocycles. The monoisotopic (exact) mass is 262 g/mol. The molecular weight excluding hydrogens is 252 g/mol. The van der Waals surface area contributed by atoms with Crippen LogP contribution in [0.25, 0.3) is 11.3 Å². The molecule has 2 aromatic rings. The van der Waals surface area contributed by atoms with Gasteiger partial charge in [0.25, 0.3) is 0 Å². The number of carbonyl (C=O) groups is 1. The number of ether oxygens (including phenoxy) is 1. The zero-order valence-corrected chi connectivity index (χ0v) is 10.5. The molecule has 18 heavy (non-hydrogen) atoms. The van der Waals surface area contributed by atoms with Gasteiger partial charge in [-0.15, -0.1) is 0 Å². The van der Waals surface area contributed by atoms with Gasteiger partial charge in [-0.05, 0) is 25.1 Å². The summed E-state index contributed by atoms with van der Waals surface area (Å²) in [4.78, 5) is 20.0. The largest absolute Gasteiger partial charge is 0.462 e. The summed E-state index contributed by atoms with van der Waals surface area (Å²) in [6.07, 6.45) is 4.79. The average molecular weight is 263 g/mol. The Hall–Kier alpha value is -1.94. The molecule has 4 nitrogen and oxygen atoms in total. The minimum absolute atomic E-state index is 0.303. The lowest BCUT2D eigenvalue weighted by molar-refractivity contribution is 0.0527. The van der Waals surface area contributed by atoms with E-state index in [1.807, 2.05) is 6.07 Å². The van der Waals surface area contributed by atoms with Crippen LogP contribution < -0.4 is 0 Å². The molecule has 0 radical (unpaired) electrons. The molecule has 0 unspecified atom stereocenters. The highest BCUT2D eigenvalue weighted by Crippen LogP contribution is 2.23. The third kappa shape index (κ3) is 2.65. The van der Waals surface area contributed by atoms with Crippen LogP contribution in [0, 0.1) is 0 Å². The van der Waals surface area contributed by atoms with Crippen LogP contribution in [-0.2, 0) is 4.74 Å². The molecule has 92 valence electrons.